The van der Waals surface area contributed by atoms with Crippen LogP contribution in [0.4, 0.5) is 0 Å². The molecule has 2 aromatic rings. The second-order valence-electron chi connectivity index (χ2n) is 7.76. The molecule has 0 aromatic heterocycles. The van der Waals surface area contributed by atoms with Crippen molar-refractivity contribution in [1.82, 2.24) is 0 Å². The van der Waals surface area contributed by atoms with Crippen LogP contribution in [-0.2, 0) is 17.9 Å². The van der Waals surface area contributed by atoms with E-state index in [1.165, 1.54) is 37.0 Å². The number of aliphatic hydroxyl groups is 1. The summed E-state index contributed by atoms with van der Waals surface area (Å²) in [7, 11) is 0. The molecule has 2 aromatic carbocycles. The summed E-state index contributed by atoms with van der Waals surface area (Å²) in [5, 5.41) is 21.5. The summed E-state index contributed by atoms with van der Waals surface area (Å²) < 4.78 is 5.73. The Morgan fingerprint density at radius 3 is 2.39 bits per heavy atom. The van der Waals surface area contributed by atoms with Crippen LogP contribution < -0.4 is 4.90 Å². The number of ether oxygens (including phenoxy) is 1. The Kier molecular flexibility index (Phi) is 8.16. The number of nitrogens with one attached hydrogen (secondary N) is 1. The molecule has 0 radical (unpaired) electrons. The summed E-state index contributed by atoms with van der Waals surface area (Å²) in [6.07, 6.45) is 5.59. The van der Waals surface area contributed by atoms with Gasteiger partial charge in [0.05, 0.1) is 19.3 Å². The lowest BCUT2D eigenvalue weighted by Gasteiger charge is -2.33. The number of quaternary nitrogens is 1. The van der Waals surface area contributed by atoms with Gasteiger partial charge in [-0.05, 0) is 49.4 Å². The zero-order chi connectivity index (χ0) is 19.8. The first-order chi connectivity index (χ1) is 13.6. The number of hydrogen-bond acceptors (Lipinski definition) is 3. The molecular formula is C23H31ClNO3+. The van der Waals surface area contributed by atoms with Crippen LogP contribution in [0.1, 0.15) is 43.2 Å². The van der Waals surface area contributed by atoms with Gasteiger partial charge in [0.15, 0.2) is 0 Å². The van der Waals surface area contributed by atoms with Crippen molar-refractivity contribution in [2.75, 3.05) is 13.2 Å². The molecule has 1 saturated carbocycles. The third-order valence-corrected chi connectivity index (χ3v) is 5.98. The molecule has 1 fully saturated rings. The lowest BCUT2D eigenvalue weighted by atomic mass is 9.93. The Labute approximate surface area is 172 Å². The maximum Gasteiger partial charge on any atom is 0.126 e. The van der Waals surface area contributed by atoms with Crippen molar-refractivity contribution in [2.24, 2.45) is 0 Å². The smallest absolute Gasteiger partial charge is 0.126 e. The minimum absolute atomic E-state index is 0.280. The zero-order valence-corrected chi connectivity index (χ0v) is 17.1. The molecule has 1 aliphatic rings. The molecule has 1 unspecified atom stereocenters. The van der Waals surface area contributed by atoms with Gasteiger partial charge < -0.3 is 19.8 Å². The number of aliphatic hydroxyl groups excluding tert-OH is 1. The summed E-state index contributed by atoms with van der Waals surface area (Å²) in [6, 6.07) is 15.6. The lowest BCUT2D eigenvalue weighted by molar-refractivity contribution is -0.943. The predicted molar refractivity (Wildman–Crippen MR) is 112 cm³/mol. The minimum atomic E-state index is -0.551. The minimum Gasteiger partial charge on any atom is -0.507 e. The van der Waals surface area contributed by atoms with E-state index in [-0.39, 0.29) is 6.61 Å². The Morgan fingerprint density at radius 1 is 1.00 bits per heavy atom. The van der Waals surface area contributed by atoms with Crippen molar-refractivity contribution in [3.05, 3.63) is 64.7 Å². The highest BCUT2D eigenvalue weighted by molar-refractivity contribution is 6.31. The molecule has 152 valence electrons. The second kappa shape index (κ2) is 10.8. The standard InChI is InChI=1S/C23H30ClNO3/c24-22-12-6-4-9-19(22)16-28-17-21(26)15-25(20-10-2-1-3-11-20)14-18-8-5-7-13-23(18)27/h4-9,12-13,20-21,26-27H,1-3,10-11,14-17H2/p+1/t21-/m1/s1. The first-order valence-corrected chi connectivity index (χ1v) is 10.6. The molecule has 1 aliphatic carbocycles. The largest absolute Gasteiger partial charge is 0.507 e. The molecule has 0 aliphatic heterocycles. The Hall–Kier alpha value is -1.59. The van der Waals surface area contributed by atoms with Gasteiger partial charge in [-0.1, -0.05) is 48.4 Å². The van der Waals surface area contributed by atoms with Crippen molar-refractivity contribution >= 4 is 11.6 Å². The molecule has 0 amide bonds. The molecule has 0 spiro atoms. The molecule has 3 rings (SSSR count). The molecule has 28 heavy (non-hydrogen) atoms. The number of phenols is 1. The van der Waals surface area contributed by atoms with E-state index in [4.69, 9.17) is 16.3 Å². The Balaban J connectivity index is 1.56. The zero-order valence-electron chi connectivity index (χ0n) is 16.3. The normalized spacial score (nSPS) is 17.4. The maximum absolute atomic E-state index is 10.6. The second-order valence-corrected chi connectivity index (χ2v) is 8.17. The number of phenolic OH excluding ortho intramolecular Hbond substituents is 1. The van der Waals surface area contributed by atoms with Crippen LogP contribution in [0.3, 0.4) is 0 Å². The number of hydrogen-bond donors (Lipinski definition) is 3. The van der Waals surface area contributed by atoms with Gasteiger partial charge in [0.1, 0.15) is 24.9 Å². The van der Waals surface area contributed by atoms with Crippen molar-refractivity contribution in [3.63, 3.8) is 0 Å². The lowest BCUT2D eigenvalue weighted by Crippen LogP contribution is -3.15. The summed E-state index contributed by atoms with van der Waals surface area (Å²) in [4.78, 5) is 1.33. The predicted octanol–water partition coefficient (Wildman–Crippen LogP) is 3.34. The van der Waals surface area contributed by atoms with E-state index >= 15 is 0 Å². The molecule has 2 atom stereocenters. The van der Waals surface area contributed by atoms with Gasteiger partial charge in [0.25, 0.3) is 0 Å². The van der Waals surface area contributed by atoms with E-state index in [0.29, 0.717) is 30.0 Å². The van der Waals surface area contributed by atoms with Crippen LogP contribution in [0.5, 0.6) is 5.75 Å². The number of aromatic hydroxyl groups is 1. The quantitative estimate of drug-likeness (QED) is 0.600. The van der Waals surface area contributed by atoms with Gasteiger partial charge in [0, 0.05) is 10.6 Å². The van der Waals surface area contributed by atoms with E-state index < -0.39 is 6.10 Å². The van der Waals surface area contributed by atoms with Crippen LogP contribution in [0.25, 0.3) is 0 Å². The topological polar surface area (TPSA) is 54.1 Å². The van der Waals surface area contributed by atoms with Crippen molar-refractivity contribution < 1.29 is 19.8 Å². The average molecular weight is 405 g/mol. The van der Waals surface area contributed by atoms with Gasteiger partial charge >= 0.3 is 0 Å². The van der Waals surface area contributed by atoms with Crippen LogP contribution in [0, 0.1) is 0 Å². The highest BCUT2D eigenvalue weighted by atomic mass is 35.5. The van der Waals surface area contributed by atoms with Crippen LogP contribution >= 0.6 is 11.6 Å². The summed E-state index contributed by atoms with van der Waals surface area (Å²) in [6.45, 7) is 2.01. The molecule has 0 bridgehead atoms. The molecule has 5 heteroatoms. The first kappa shape index (κ1) is 21.1. The molecule has 0 saturated heterocycles. The summed E-state index contributed by atoms with van der Waals surface area (Å²) in [5.74, 6) is 0.334. The molecule has 3 N–H and O–H groups in total. The Bertz CT molecular complexity index is 733. The van der Waals surface area contributed by atoms with Gasteiger partial charge in [-0.25, -0.2) is 0 Å². The highest BCUT2D eigenvalue weighted by Gasteiger charge is 2.27. The number of halogens is 1. The first-order valence-electron chi connectivity index (χ1n) is 10.2. The fraction of sp³-hybridized carbons (Fsp3) is 0.478. The maximum atomic E-state index is 10.6. The van der Waals surface area contributed by atoms with E-state index in [2.05, 4.69) is 0 Å². The van der Waals surface area contributed by atoms with Crippen molar-refractivity contribution in [2.45, 2.75) is 57.4 Å². The third kappa shape index (κ3) is 6.21. The van der Waals surface area contributed by atoms with Crippen LogP contribution in [0.15, 0.2) is 48.5 Å². The SMILES string of the molecule is Oc1ccccc1C[NH+](C[C@@H](O)COCc1ccccc1Cl)C1CCCCC1. The van der Waals surface area contributed by atoms with Gasteiger partial charge in [-0.3, -0.25) is 0 Å². The number of rotatable bonds is 9. The highest BCUT2D eigenvalue weighted by Crippen LogP contribution is 2.18. The average Bonchev–Trinajstić information content (AvgIpc) is 2.71. The van der Waals surface area contributed by atoms with Crippen LogP contribution in [-0.4, -0.2) is 35.5 Å². The van der Waals surface area contributed by atoms with Gasteiger partial charge in [0.2, 0.25) is 0 Å². The van der Waals surface area contributed by atoms with E-state index in [1.807, 2.05) is 42.5 Å². The molecule has 4 nitrogen and oxygen atoms in total. The monoisotopic (exact) mass is 404 g/mol. The van der Waals surface area contributed by atoms with E-state index in [0.717, 1.165) is 17.7 Å². The number of para-hydroxylation sites is 1. The van der Waals surface area contributed by atoms with Crippen LogP contribution in [0.2, 0.25) is 5.02 Å². The molecule has 0 heterocycles. The van der Waals surface area contributed by atoms with E-state index in [9.17, 15) is 10.2 Å². The van der Waals surface area contributed by atoms with E-state index in [1.54, 1.807) is 6.07 Å². The van der Waals surface area contributed by atoms with Gasteiger partial charge in [-0.15, -0.1) is 0 Å². The fourth-order valence-corrected chi connectivity index (χ4v) is 4.27. The van der Waals surface area contributed by atoms with Crippen molar-refractivity contribution in [3.8, 4) is 5.75 Å². The molecular weight excluding hydrogens is 374 g/mol. The fourth-order valence-electron chi connectivity index (χ4n) is 4.08. The summed E-state index contributed by atoms with van der Waals surface area (Å²) >= 11 is 6.16. The third-order valence-electron chi connectivity index (χ3n) is 5.62. The number of benzene rings is 2. The van der Waals surface area contributed by atoms with Gasteiger partial charge in [-0.2, -0.15) is 0 Å². The Morgan fingerprint density at radius 2 is 1.68 bits per heavy atom. The van der Waals surface area contributed by atoms with Crippen molar-refractivity contribution in [1.29, 1.82) is 0 Å². The summed E-state index contributed by atoms with van der Waals surface area (Å²) in [5.41, 5.74) is 1.87.